The molecule has 1 aromatic rings. The quantitative estimate of drug-likeness (QED) is 0.846. The van der Waals surface area contributed by atoms with Crippen LogP contribution in [0.3, 0.4) is 0 Å². The van der Waals surface area contributed by atoms with Gasteiger partial charge in [0.25, 0.3) is 5.91 Å². The van der Waals surface area contributed by atoms with Crippen LogP contribution in [-0.4, -0.2) is 59.3 Å². The number of rotatable bonds is 3. The molecule has 1 atom stereocenters. The standard InChI is InChI=1S/C15H18ClFN2O2S/c1-10(22-2)14(20)18-5-7-19(8-6-18)15(21)12-4-3-11(16)9-13(12)17/h3-4,9-10H,5-8H2,1-2H3/t10-/m1/s1. The molecule has 4 nitrogen and oxygen atoms in total. The van der Waals surface area contributed by atoms with Crippen molar-refractivity contribution in [3.8, 4) is 0 Å². The zero-order valence-corrected chi connectivity index (χ0v) is 14.1. The van der Waals surface area contributed by atoms with Crippen LogP contribution in [0.25, 0.3) is 0 Å². The zero-order chi connectivity index (χ0) is 16.3. The summed E-state index contributed by atoms with van der Waals surface area (Å²) >= 11 is 7.19. The molecule has 0 unspecified atom stereocenters. The van der Waals surface area contributed by atoms with E-state index in [1.807, 2.05) is 13.2 Å². The van der Waals surface area contributed by atoms with Crippen molar-refractivity contribution in [2.75, 3.05) is 32.4 Å². The molecule has 0 aromatic heterocycles. The van der Waals surface area contributed by atoms with E-state index in [-0.39, 0.29) is 27.7 Å². The molecule has 1 aliphatic rings. The van der Waals surface area contributed by atoms with Crippen LogP contribution in [0.5, 0.6) is 0 Å². The molecule has 0 N–H and O–H groups in total. The number of hydrogen-bond acceptors (Lipinski definition) is 3. The number of halogens is 2. The fourth-order valence-corrected chi connectivity index (χ4v) is 2.83. The third-order valence-corrected chi connectivity index (χ3v) is 4.89. The molecule has 1 fully saturated rings. The van der Waals surface area contributed by atoms with Gasteiger partial charge in [-0.25, -0.2) is 4.39 Å². The number of hydrogen-bond donors (Lipinski definition) is 0. The highest BCUT2D eigenvalue weighted by Crippen LogP contribution is 2.18. The maximum atomic E-state index is 13.8. The number of piperazine rings is 1. The Morgan fingerprint density at radius 1 is 1.23 bits per heavy atom. The first-order chi connectivity index (χ1) is 10.4. The average Bonchev–Trinajstić information content (AvgIpc) is 2.53. The minimum absolute atomic E-state index is 0.0154. The number of thioether (sulfide) groups is 1. The SMILES string of the molecule is CS[C@H](C)C(=O)N1CCN(C(=O)c2ccc(Cl)cc2F)CC1. The first kappa shape index (κ1) is 17.1. The summed E-state index contributed by atoms with van der Waals surface area (Å²) < 4.78 is 13.8. The highest BCUT2D eigenvalue weighted by molar-refractivity contribution is 7.99. The minimum atomic E-state index is -0.619. The van der Waals surface area contributed by atoms with Crippen molar-refractivity contribution in [1.29, 1.82) is 0 Å². The van der Waals surface area contributed by atoms with Gasteiger partial charge in [-0.05, 0) is 31.4 Å². The Morgan fingerprint density at radius 3 is 2.36 bits per heavy atom. The van der Waals surface area contributed by atoms with Gasteiger partial charge in [0.05, 0.1) is 10.8 Å². The summed E-state index contributed by atoms with van der Waals surface area (Å²) in [5.41, 5.74) is 0.0154. The van der Waals surface area contributed by atoms with Gasteiger partial charge in [0.2, 0.25) is 5.91 Å². The summed E-state index contributed by atoms with van der Waals surface area (Å²) in [6, 6.07) is 4.03. The first-order valence-corrected chi connectivity index (χ1v) is 8.66. The minimum Gasteiger partial charge on any atom is -0.338 e. The Kier molecular flexibility index (Phi) is 5.69. The van der Waals surface area contributed by atoms with Crippen molar-refractivity contribution >= 4 is 35.2 Å². The Labute approximate surface area is 138 Å². The van der Waals surface area contributed by atoms with E-state index in [1.54, 1.807) is 9.80 Å². The monoisotopic (exact) mass is 344 g/mol. The van der Waals surface area contributed by atoms with Crippen LogP contribution in [-0.2, 0) is 4.79 Å². The lowest BCUT2D eigenvalue weighted by molar-refractivity contribution is -0.131. The molecule has 1 saturated heterocycles. The topological polar surface area (TPSA) is 40.6 Å². The van der Waals surface area contributed by atoms with Crippen LogP contribution in [0, 0.1) is 5.82 Å². The van der Waals surface area contributed by atoms with E-state index < -0.39 is 5.82 Å². The van der Waals surface area contributed by atoms with Gasteiger partial charge in [0, 0.05) is 31.2 Å². The highest BCUT2D eigenvalue weighted by Gasteiger charge is 2.28. The molecule has 0 bridgehead atoms. The third kappa shape index (κ3) is 3.73. The Bertz CT molecular complexity index is 577. The van der Waals surface area contributed by atoms with E-state index in [0.717, 1.165) is 6.07 Å². The van der Waals surface area contributed by atoms with E-state index in [1.165, 1.54) is 23.9 Å². The molecule has 0 spiro atoms. The van der Waals surface area contributed by atoms with Crippen molar-refractivity contribution in [2.45, 2.75) is 12.2 Å². The largest absolute Gasteiger partial charge is 0.338 e. The van der Waals surface area contributed by atoms with E-state index in [2.05, 4.69) is 0 Å². The number of nitrogens with zero attached hydrogens (tertiary/aromatic N) is 2. The second-order valence-corrected chi connectivity index (χ2v) is 6.73. The van der Waals surface area contributed by atoms with Gasteiger partial charge in [-0.1, -0.05) is 11.6 Å². The van der Waals surface area contributed by atoms with Gasteiger partial charge in [-0.3, -0.25) is 9.59 Å². The van der Waals surface area contributed by atoms with Crippen molar-refractivity contribution < 1.29 is 14.0 Å². The van der Waals surface area contributed by atoms with Crippen molar-refractivity contribution in [1.82, 2.24) is 9.80 Å². The second kappa shape index (κ2) is 7.33. The van der Waals surface area contributed by atoms with Crippen molar-refractivity contribution in [3.05, 3.63) is 34.6 Å². The smallest absolute Gasteiger partial charge is 0.256 e. The molecule has 1 heterocycles. The summed E-state index contributed by atoms with van der Waals surface area (Å²) in [5.74, 6) is -0.900. The maximum Gasteiger partial charge on any atom is 0.256 e. The fraction of sp³-hybridized carbons (Fsp3) is 0.467. The van der Waals surface area contributed by atoms with E-state index in [4.69, 9.17) is 11.6 Å². The Hall–Kier alpha value is -1.27. The summed E-state index contributed by atoms with van der Waals surface area (Å²) in [4.78, 5) is 27.8. The molecular weight excluding hydrogens is 327 g/mol. The van der Waals surface area contributed by atoms with Crippen LogP contribution in [0.15, 0.2) is 18.2 Å². The second-order valence-electron chi connectivity index (χ2n) is 5.12. The number of carbonyl (C=O) groups is 2. The summed E-state index contributed by atoms with van der Waals surface area (Å²) in [7, 11) is 0. The summed E-state index contributed by atoms with van der Waals surface area (Å²) in [6.07, 6.45) is 1.89. The van der Waals surface area contributed by atoms with Crippen LogP contribution in [0.4, 0.5) is 4.39 Å². The lowest BCUT2D eigenvalue weighted by Gasteiger charge is -2.35. The predicted molar refractivity (Wildman–Crippen MR) is 86.9 cm³/mol. The van der Waals surface area contributed by atoms with Crippen LogP contribution in [0.1, 0.15) is 17.3 Å². The number of amides is 2. The molecule has 2 rings (SSSR count). The van der Waals surface area contributed by atoms with Gasteiger partial charge >= 0.3 is 0 Å². The van der Waals surface area contributed by atoms with Crippen LogP contribution in [0.2, 0.25) is 5.02 Å². The molecule has 0 radical (unpaired) electrons. The van der Waals surface area contributed by atoms with E-state index >= 15 is 0 Å². The number of benzene rings is 1. The van der Waals surface area contributed by atoms with Crippen molar-refractivity contribution in [3.63, 3.8) is 0 Å². The first-order valence-electron chi connectivity index (χ1n) is 7.00. The average molecular weight is 345 g/mol. The van der Waals surface area contributed by atoms with Gasteiger partial charge < -0.3 is 9.80 Å². The molecular formula is C15H18ClFN2O2S. The number of carbonyl (C=O) groups excluding carboxylic acids is 2. The molecule has 0 saturated carbocycles. The van der Waals surface area contributed by atoms with Gasteiger partial charge in [0.15, 0.2) is 0 Å². The lowest BCUT2D eigenvalue weighted by Crippen LogP contribution is -2.52. The van der Waals surface area contributed by atoms with Crippen molar-refractivity contribution in [2.24, 2.45) is 0 Å². The van der Waals surface area contributed by atoms with Gasteiger partial charge in [-0.15, -0.1) is 0 Å². The maximum absolute atomic E-state index is 13.8. The van der Waals surface area contributed by atoms with E-state index in [0.29, 0.717) is 26.2 Å². The Morgan fingerprint density at radius 2 is 1.82 bits per heavy atom. The summed E-state index contributed by atoms with van der Waals surface area (Å²) in [5, 5.41) is 0.173. The lowest BCUT2D eigenvalue weighted by atomic mass is 10.1. The van der Waals surface area contributed by atoms with Gasteiger partial charge in [-0.2, -0.15) is 11.8 Å². The molecule has 120 valence electrons. The van der Waals surface area contributed by atoms with Gasteiger partial charge in [0.1, 0.15) is 5.82 Å². The molecule has 1 aromatic carbocycles. The Balaban J connectivity index is 1.99. The van der Waals surface area contributed by atoms with E-state index in [9.17, 15) is 14.0 Å². The molecule has 1 aliphatic heterocycles. The zero-order valence-electron chi connectivity index (χ0n) is 12.5. The molecule has 0 aliphatic carbocycles. The normalized spacial score (nSPS) is 16.5. The van der Waals surface area contributed by atoms with Crippen LogP contribution < -0.4 is 0 Å². The highest BCUT2D eigenvalue weighted by atomic mass is 35.5. The summed E-state index contributed by atoms with van der Waals surface area (Å²) in [6.45, 7) is 3.64. The molecule has 7 heteroatoms. The molecule has 2 amide bonds. The molecule has 22 heavy (non-hydrogen) atoms. The fourth-order valence-electron chi connectivity index (χ4n) is 2.32. The predicted octanol–water partition coefficient (Wildman–Crippen LogP) is 2.52. The van der Waals surface area contributed by atoms with Crippen LogP contribution >= 0.6 is 23.4 Å². The third-order valence-electron chi connectivity index (χ3n) is 3.74.